The van der Waals surface area contributed by atoms with E-state index in [9.17, 15) is 9.59 Å². The first-order chi connectivity index (χ1) is 6.04. The van der Waals surface area contributed by atoms with Gasteiger partial charge in [-0.3, -0.25) is 4.79 Å². The number of amides is 1. The van der Waals surface area contributed by atoms with Crippen LogP contribution >= 0.6 is 0 Å². The third-order valence-corrected chi connectivity index (χ3v) is 3.32. The summed E-state index contributed by atoms with van der Waals surface area (Å²) in [5.74, 6) is -0.422. The minimum Gasteiger partial charge on any atom is -0.479 e. The molecule has 13 heavy (non-hydrogen) atoms. The summed E-state index contributed by atoms with van der Waals surface area (Å²) in [5, 5.41) is 11.7. The molecule has 1 atom stereocenters. The molecule has 0 aromatic rings. The summed E-state index contributed by atoms with van der Waals surface area (Å²) in [6, 6.07) is 0. The molecule has 0 aliphatic heterocycles. The summed E-state index contributed by atoms with van der Waals surface area (Å²) in [6.07, 6.45) is 2.55. The largest absolute Gasteiger partial charge is 0.479 e. The minimum absolute atomic E-state index is 0.166. The fourth-order valence-electron chi connectivity index (χ4n) is 2.71. The van der Waals surface area contributed by atoms with Crippen LogP contribution in [0.4, 0.5) is 0 Å². The summed E-state index contributed by atoms with van der Waals surface area (Å²) in [6.45, 7) is 1.38. The monoisotopic (exact) mass is 183 g/mol. The Bertz CT molecular complexity index is 270. The van der Waals surface area contributed by atoms with Gasteiger partial charge in [0.15, 0.2) is 0 Å². The highest BCUT2D eigenvalue weighted by Crippen LogP contribution is 2.54. The van der Waals surface area contributed by atoms with Crippen molar-refractivity contribution in [3.05, 3.63) is 0 Å². The first kappa shape index (κ1) is 8.53. The first-order valence-electron chi connectivity index (χ1n) is 4.57. The maximum atomic E-state index is 11.1. The highest BCUT2D eigenvalue weighted by molar-refractivity contribution is 5.87. The number of nitrogens with one attached hydrogen (secondary N) is 1. The van der Waals surface area contributed by atoms with Crippen LogP contribution in [0.15, 0.2) is 0 Å². The van der Waals surface area contributed by atoms with Crippen LogP contribution in [0, 0.1) is 11.8 Å². The van der Waals surface area contributed by atoms with Gasteiger partial charge in [0.1, 0.15) is 5.54 Å². The number of carboxylic acid groups (broad SMARTS) is 1. The van der Waals surface area contributed by atoms with Crippen LogP contribution in [0.2, 0.25) is 0 Å². The molecule has 0 saturated heterocycles. The highest BCUT2D eigenvalue weighted by Gasteiger charge is 2.60. The number of carbonyl (C=O) groups excluding carboxylic acids is 1. The van der Waals surface area contributed by atoms with Crippen LogP contribution in [-0.4, -0.2) is 22.5 Å². The molecule has 4 heteroatoms. The van der Waals surface area contributed by atoms with E-state index in [-0.39, 0.29) is 11.8 Å². The van der Waals surface area contributed by atoms with Crippen molar-refractivity contribution in [3.63, 3.8) is 0 Å². The molecule has 0 spiro atoms. The Balaban J connectivity index is 2.21. The van der Waals surface area contributed by atoms with Crippen molar-refractivity contribution in [2.24, 2.45) is 11.8 Å². The zero-order valence-corrected chi connectivity index (χ0v) is 7.54. The van der Waals surface area contributed by atoms with Crippen molar-refractivity contribution < 1.29 is 14.7 Å². The quantitative estimate of drug-likeness (QED) is 0.650. The highest BCUT2D eigenvalue weighted by atomic mass is 16.4. The molecule has 3 aliphatic rings. The van der Waals surface area contributed by atoms with Gasteiger partial charge in [-0.1, -0.05) is 0 Å². The SMILES string of the molecule is CC(=O)NC1(C(=O)O)CC2CC1C2. The van der Waals surface area contributed by atoms with Gasteiger partial charge in [0, 0.05) is 6.92 Å². The Morgan fingerprint density at radius 2 is 2.08 bits per heavy atom. The molecule has 0 radical (unpaired) electrons. The van der Waals surface area contributed by atoms with Gasteiger partial charge in [0.2, 0.25) is 5.91 Å². The third kappa shape index (κ3) is 1.04. The topological polar surface area (TPSA) is 66.4 Å². The molecule has 2 N–H and O–H groups in total. The van der Waals surface area contributed by atoms with Crippen LogP contribution in [0.25, 0.3) is 0 Å². The summed E-state index contributed by atoms with van der Waals surface area (Å²) in [4.78, 5) is 22.0. The lowest BCUT2D eigenvalue weighted by Crippen LogP contribution is -2.55. The Kier molecular flexibility index (Phi) is 1.62. The second-order valence-electron chi connectivity index (χ2n) is 4.20. The molecular weight excluding hydrogens is 170 g/mol. The molecule has 1 amide bonds. The molecular formula is C9H13NO3. The van der Waals surface area contributed by atoms with Gasteiger partial charge in [0.25, 0.3) is 0 Å². The van der Waals surface area contributed by atoms with Crippen molar-refractivity contribution in [1.29, 1.82) is 0 Å². The van der Waals surface area contributed by atoms with Gasteiger partial charge < -0.3 is 10.4 Å². The van der Waals surface area contributed by atoms with Crippen molar-refractivity contribution in [2.45, 2.75) is 31.7 Å². The van der Waals surface area contributed by atoms with Crippen molar-refractivity contribution in [1.82, 2.24) is 5.32 Å². The second kappa shape index (κ2) is 2.47. The van der Waals surface area contributed by atoms with E-state index in [1.807, 2.05) is 0 Å². The standard InChI is InChI=1S/C9H13NO3/c1-5(11)10-9(8(12)13)4-6-2-7(9)3-6/h6-7H,2-4H2,1H3,(H,10,11)(H,12,13). The van der Waals surface area contributed by atoms with Crippen LogP contribution in [-0.2, 0) is 9.59 Å². The number of hydrogen-bond acceptors (Lipinski definition) is 2. The lowest BCUT2D eigenvalue weighted by Gasteiger charge is -2.31. The van der Waals surface area contributed by atoms with Crippen molar-refractivity contribution in [3.8, 4) is 0 Å². The van der Waals surface area contributed by atoms with Gasteiger partial charge in [-0.25, -0.2) is 4.79 Å². The maximum absolute atomic E-state index is 11.1. The fraction of sp³-hybridized carbons (Fsp3) is 0.778. The lowest BCUT2D eigenvalue weighted by molar-refractivity contribution is -0.148. The second-order valence-corrected chi connectivity index (χ2v) is 4.20. The van der Waals surface area contributed by atoms with Gasteiger partial charge >= 0.3 is 5.97 Å². The molecule has 4 nitrogen and oxygen atoms in total. The predicted octanol–water partition coefficient (Wildman–Crippen LogP) is 0.376. The maximum Gasteiger partial charge on any atom is 0.329 e. The van der Waals surface area contributed by atoms with Crippen molar-refractivity contribution in [2.75, 3.05) is 0 Å². The molecule has 2 bridgehead atoms. The summed E-state index contributed by atoms with van der Waals surface area (Å²) < 4.78 is 0. The number of carbonyl (C=O) groups is 2. The zero-order chi connectivity index (χ0) is 9.64. The summed E-state index contributed by atoms with van der Waals surface area (Å²) >= 11 is 0. The number of fused-ring (bicyclic) bond motifs is 1. The van der Waals surface area contributed by atoms with E-state index in [2.05, 4.69) is 5.32 Å². The Labute approximate surface area is 76.3 Å². The molecule has 3 saturated carbocycles. The predicted molar refractivity (Wildman–Crippen MR) is 45.0 cm³/mol. The molecule has 0 aromatic carbocycles. The summed E-state index contributed by atoms with van der Waals surface area (Å²) in [7, 11) is 0. The Hall–Kier alpha value is -1.06. The van der Waals surface area contributed by atoms with Crippen molar-refractivity contribution >= 4 is 11.9 Å². The van der Waals surface area contributed by atoms with E-state index in [4.69, 9.17) is 5.11 Å². The average Bonchev–Trinajstić information content (AvgIpc) is 2.38. The van der Waals surface area contributed by atoms with Gasteiger partial charge in [-0.15, -0.1) is 0 Å². The van der Waals surface area contributed by atoms with E-state index in [0.29, 0.717) is 12.3 Å². The van der Waals surface area contributed by atoms with Crippen LogP contribution in [0.3, 0.4) is 0 Å². The molecule has 72 valence electrons. The third-order valence-electron chi connectivity index (χ3n) is 3.32. The van der Waals surface area contributed by atoms with Crippen LogP contribution in [0.5, 0.6) is 0 Å². The van der Waals surface area contributed by atoms with Crippen LogP contribution < -0.4 is 5.32 Å². The van der Waals surface area contributed by atoms with E-state index in [1.165, 1.54) is 6.92 Å². The Morgan fingerprint density at radius 3 is 2.38 bits per heavy atom. The molecule has 1 unspecified atom stereocenters. The number of carboxylic acids is 1. The van der Waals surface area contributed by atoms with Gasteiger partial charge in [0.05, 0.1) is 0 Å². The number of rotatable bonds is 2. The Morgan fingerprint density at radius 1 is 1.46 bits per heavy atom. The molecule has 3 rings (SSSR count). The summed E-state index contributed by atoms with van der Waals surface area (Å²) in [5.41, 5.74) is -0.934. The first-order valence-corrected chi connectivity index (χ1v) is 4.57. The zero-order valence-electron chi connectivity index (χ0n) is 7.54. The molecule has 3 aliphatic carbocycles. The number of hydrogen-bond donors (Lipinski definition) is 2. The molecule has 0 aromatic heterocycles. The number of aliphatic carboxylic acids is 1. The average molecular weight is 183 g/mol. The molecule has 0 heterocycles. The van der Waals surface area contributed by atoms with E-state index in [1.54, 1.807) is 0 Å². The van der Waals surface area contributed by atoms with Gasteiger partial charge in [-0.05, 0) is 31.1 Å². The van der Waals surface area contributed by atoms with E-state index in [0.717, 1.165) is 12.8 Å². The van der Waals surface area contributed by atoms with Gasteiger partial charge in [-0.2, -0.15) is 0 Å². The normalized spacial score (nSPS) is 41.0. The minimum atomic E-state index is -0.934. The molecule has 3 fully saturated rings. The lowest BCUT2D eigenvalue weighted by atomic mass is 9.79. The van der Waals surface area contributed by atoms with E-state index < -0.39 is 11.5 Å². The smallest absolute Gasteiger partial charge is 0.329 e. The van der Waals surface area contributed by atoms with Crippen LogP contribution in [0.1, 0.15) is 26.2 Å². The van der Waals surface area contributed by atoms with E-state index >= 15 is 0 Å². The fourth-order valence-corrected chi connectivity index (χ4v) is 2.71.